The molecule has 0 spiro atoms. The number of nitrogens with two attached hydrogens (primary N) is 1. The van der Waals surface area contributed by atoms with E-state index in [1.165, 1.54) is 11.8 Å². The zero-order valence-corrected chi connectivity index (χ0v) is 10.0. The maximum Gasteiger partial charge on any atom is 0.180 e. The molecule has 2 aromatic rings. The second-order valence-corrected chi connectivity index (χ2v) is 5.46. The number of aromatic nitrogens is 3. The summed E-state index contributed by atoms with van der Waals surface area (Å²) in [5, 5.41) is 9.83. The zero-order valence-electron chi connectivity index (χ0n) is 8.39. The lowest BCUT2D eigenvalue weighted by atomic mass is 10.3. The molecule has 0 aromatic carbocycles. The quantitative estimate of drug-likeness (QED) is 0.869. The molecule has 0 aliphatic carbocycles. The van der Waals surface area contributed by atoms with Gasteiger partial charge in [0.1, 0.15) is 10.0 Å². The van der Waals surface area contributed by atoms with Gasteiger partial charge in [0.15, 0.2) is 4.34 Å². The van der Waals surface area contributed by atoms with E-state index in [9.17, 15) is 0 Å². The van der Waals surface area contributed by atoms with Crippen molar-refractivity contribution in [2.75, 3.05) is 5.73 Å². The Morgan fingerprint density at radius 2 is 2.07 bits per heavy atom. The Kier molecular flexibility index (Phi) is 2.88. The van der Waals surface area contributed by atoms with Crippen LogP contribution in [0.1, 0.15) is 10.7 Å². The van der Waals surface area contributed by atoms with Crippen molar-refractivity contribution < 1.29 is 0 Å². The molecule has 0 radical (unpaired) electrons. The van der Waals surface area contributed by atoms with Crippen molar-refractivity contribution in [3.8, 4) is 0 Å². The number of pyridine rings is 1. The Balaban J connectivity index is 2.21. The van der Waals surface area contributed by atoms with Crippen molar-refractivity contribution in [2.45, 2.75) is 23.2 Å². The van der Waals surface area contributed by atoms with E-state index in [0.29, 0.717) is 5.69 Å². The molecule has 4 nitrogen and oxygen atoms in total. The minimum atomic E-state index is 0.716. The SMILES string of the molecule is Cc1nnc(Sc2ccc(N)c(C)n2)s1. The molecule has 2 N–H and O–H groups in total. The van der Waals surface area contributed by atoms with E-state index in [1.807, 2.05) is 26.0 Å². The van der Waals surface area contributed by atoms with E-state index in [4.69, 9.17) is 5.73 Å². The van der Waals surface area contributed by atoms with Crippen LogP contribution in [0.15, 0.2) is 21.5 Å². The summed E-state index contributed by atoms with van der Waals surface area (Å²) in [6.45, 7) is 3.83. The molecule has 0 atom stereocenters. The first kappa shape index (κ1) is 10.4. The minimum Gasteiger partial charge on any atom is -0.397 e. The third-order valence-corrected chi connectivity index (χ3v) is 3.63. The monoisotopic (exact) mass is 238 g/mol. The van der Waals surface area contributed by atoms with Crippen molar-refractivity contribution in [3.05, 3.63) is 22.8 Å². The third kappa shape index (κ3) is 2.45. The van der Waals surface area contributed by atoms with Gasteiger partial charge in [-0.2, -0.15) is 0 Å². The van der Waals surface area contributed by atoms with E-state index in [1.54, 1.807) is 11.3 Å². The van der Waals surface area contributed by atoms with Crippen molar-refractivity contribution >= 4 is 28.8 Å². The molecule has 2 rings (SSSR count). The Bertz CT molecular complexity index is 481. The lowest BCUT2D eigenvalue weighted by Crippen LogP contribution is -1.93. The van der Waals surface area contributed by atoms with E-state index < -0.39 is 0 Å². The zero-order chi connectivity index (χ0) is 10.8. The van der Waals surface area contributed by atoms with Gasteiger partial charge in [0.2, 0.25) is 0 Å². The molecular formula is C9H10N4S2. The van der Waals surface area contributed by atoms with Crippen molar-refractivity contribution in [1.82, 2.24) is 15.2 Å². The van der Waals surface area contributed by atoms with E-state index in [-0.39, 0.29) is 0 Å². The van der Waals surface area contributed by atoms with Gasteiger partial charge in [-0.3, -0.25) is 0 Å². The average Bonchev–Trinajstić information content (AvgIpc) is 2.58. The molecule has 0 amide bonds. The molecule has 0 bridgehead atoms. The number of nitrogen functional groups attached to an aromatic ring is 1. The number of hydrogen-bond acceptors (Lipinski definition) is 6. The summed E-state index contributed by atoms with van der Waals surface area (Å²) in [5.41, 5.74) is 7.25. The predicted octanol–water partition coefficient (Wildman–Crippen LogP) is 2.28. The normalized spacial score (nSPS) is 10.5. The fourth-order valence-corrected chi connectivity index (χ4v) is 2.79. The molecular weight excluding hydrogens is 228 g/mol. The largest absolute Gasteiger partial charge is 0.397 e. The highest BCUT2D eigenvalue weighted by atomic mass is 32.2. The van der Waals surface area contributed by atoms with E-state index >= 15 is 0 Å². The Hall–Kier alpha value is -1.14. The molecule has 0 aliphatic heterocycles. The van der Waals surface area contributed by atoms with E-state index in [2.05, 4.69) is 15.2 Å². The van der Waals surface area contributed by atoms with Gasteiger partial charge in [-0.1, -0.05) is 11.3 Å². The highest BCUT2D eigenvalue weighted by Gasteiger charge is 2.05. The molecule has 0 unspecified atom stereocenters. The third-order valence-electron chi connectivity index (χ3n) is 1.80. The summed E-state index contributed by atoms with van der Waals surface area (Å²) in [4.78, 5) is 4.35. The summed E-state index contributed by atoms with van der Waals surface area (Å²) >= 11 is 3.07. The van der Waals surface area contributed by atoms with Gasteiger partial charge < -0.3 is 5.73 Å². The molecule has 15 heavy (non-hydrogen) atoms. The van der Waals surface area contributed by atoms with Crippen LogP contribution in [0.5, 0.6) is 0 Å². The second kappa shape index (κ2) is 4.16. The molecule has 0 fully saturated rings. The Morgan fingerprint density at radius 1 is 1.27 bits per heavy atom. The minimum absolute atomic E-state index is 0.716. The van der Waals surface area contributed by atoms with Gasteiger partial charge >= 0.3 is 0 Å². The number of rotatable bonds is 2. The number of hydrogen-bond donors (Lipinski definition) is 1. The van der Waals surface area contributed by atoms with Gasteiger partial charge in [-0.15, -0.1) is 10.2 Å². The average molecular weight is 238 g/mol. The highest BCUT2D eigenvalue weighted by molar-refractivity contribution is 8.01. The van der Waals surface area contributed by atoms with Gasteiger partial charge in [0.05, 0.1) is 11.4 Å². The van der Waals surface area contributed by atoms with Gasteiger partial charge in [0.25, 0.3) is 0 Å². The fourth-order valence-electron chi connectivity index (χ4n) is 1.01. The number of anilines is 1. The maximum atomic E-state index is 5.69. The smallest absolute Gasteiger partial charge is 0.180 e. The van der Waals surface area contributed by atoms with Gasteiger partial charge in [-0.25, -0.2) is 4.98 Å². The first-order valence-corrected chi connectivity index (χ1v) is 5.99. The fraction of sp³-hybridized carbons (Fsp3) is 0.222. The Labute approximate surface area is 95.9 Å². The first-order valence-electron chi connectivity index (χ1n) is 4.36. The first-order chi connectivity index (χ1) is 7.15. The summed E-state index contributed by atoms with van der Waals surface area (Å²) < 4.78 is 0.907. The molecule has 2 heterocycles. The topological polar surface area (TPSA) is 64.7 Å². The van der Waals surface area contributed by atoms with Crippen molar-refractivity contribution in [3.63, 3.8) is 0 Å². The molecule has 0 aliphatic rings. The molecule has 0 saturated carbocycles. The predicted molar refractivity (Wildman–Crippen MR) is 62.2 cm³/mol. The number of nitrogens with zero attached hydrogens (tertiary/aromatic N) is 3. The lowest BCUT2D eigenvalue weighted by Gasteiger charge is -2.00. The lowest BCUT2D eigenvalue weighted by molar-refractivity contribution is 0.978. The number of aryl methyl sites for hydroxylation is 2. The van der Waals surface area contributed by atoms with Crippen LogP contribution in [-0.4, -0.2) is 15.2 Å². The van der Waals surface area contributed by atoms with Crippen molar-refractivity contribution in [1.29, 1.82) is 0 Å². The highest BCUT2D eigenvalue weighted by Crippen LogP contribution is 2.29. The summed E-state index contributed by atoms with van der Waals surface area (Å²) in [7, 11) is 0. The van der Waals surface area contributed by atoms with Crippen LogP contribution >= 0.6 is 23.1 Å². The summed E-state index contributed by atoms with van der Waals surface area (Å²) in [6.07, 6.45) is 0. The summed E-state index contributed by atoms with van der Waals surface area (Å²) in [5.74, 6) is 0. The van der Waals surface area contributed by atoms with E-state index in [0.717, 1.165) is 20.1 Å². The Morgan fingerprint density at radius 3 is 2.67 bits per heavy atom. The van der Waals surface area contributed by atoms with Crippen LogP contribution in [-0.2, 0) is 0 Å². The molecule has 78 valence electrons. The second-order valence-electron chi connectivity index (χ2n) is 3.01. The maximum absolute atomic E-state index is 5.69. The van der Waals surface area contributed by atoms with Gasteiger partial charge in [0, 0.05) is 0 Å². The standard InChI is InChI=1S/C9H10N4S2/c1-5-7(10)3-4-8(11-5)15-9-13-12-6(2)14-9/h3-4H,10H2,1-2H3. The molecule has 2 aromatic heterocycles. The molecule has 0 saturated heterocycles. The van der Waals surface area contributed by atoms with Crippen LogP contribution in [0.4, 0.5) is 5.69 Å². The van der Waals surface area contributed by atoms with Crippen LogP contribution in [0.2, 0.25) is 0 Å². The van der Waals surface area contributed by atoms with Crippen LogP contribution in [0.25, 0.3) is 0 Å². The van der Waals surface area contributed by atoms with Crippen LogP contribution in [0, 0.1) is 13.8 Å². The van der Waals surface area contributed by atoms with Crippen molar-refractivity contribution in [2.24, 2.45) is 0 Å². The van der Waals surface area contributed by atoms with Crippen LogP contribution in [0.3, 0.4) is 0 Å². The summed E-state index contributed by atoms with van der Waals surface area (Å²) in [6, 6.07) is 3.75. The van der Waals surface area contributed by atoms with Gasteiger partial charge in [-0.05, 0) is 37.7 Å². The van der Waals surface area contributed by atoms with Crippen LogP contribution < -0.4 is 5.73 Å². The molecule has 6 heteroatoms.